The van der Waals surface area contributed by atoms with E-state index in [2.05, 4.69) is 4.74 Å². The molecule has 2 unspecified atom stereocenters. The molecule has 1 aliphatic rings. The molecule has 1 heterocycles. The zero-order chi connectivity index (χ0) is 9.68. The first-order chi connectivity index (χ1) is 6.25. The molecule has 0 saturated carbocycles. The van der Waals surface area contributed by atoms with E-state index in [4.69, 9.17) is 4.74 Å². The van der Waals surface area contributed by atoms with Crippen LogP contribution in [-0.4, -0.2) is 25.8 Å². The molecule has 0 aromatic rings. The molecule has 13 heavy (non-hydrogen) atoms. The number of hydrogen-bond donors (Lipinski definition) is 0. The Morgan fingerprint density at radius 1 is 1.46 bits per heavy atom. The van der Waals surface area contributed by atoms with Crippen molar-refractivity contribution >= 4 is 5.97 Å². The zero-order valence-corrected chi connectivity index (χ0v) is 8.41. The quantitative estimate of drug-likeness (QED) is 0.616. The second-order valence-corrected chi connectivity index (χ2v) is 3.57. The standard InChI is InChI=1S/C10H18O3/c1-8(10(11)12-2)9-6-4-3-5-7-13-9/h8-9H,3-7H2,1-2H3. The van der Waals surface area contributed by atoms with Crippen LogP contribution in [0.1, 0.15) is 32.6 Å². The molecule has 0 aromatic heterocycles. The van der Waals surface area contributed by atoms with Crippen molar-refractivity contribution in [2.24, 2.45) is 5.92 Å². The van der Waals surface area contributed by atoms with Gasteiger partial charge in [-0.2, -0.15) is 0 Å². The third kappa shape index (κ3) is 2.99. The Kier molecular flexibility index (Phi) is 4.22. The number of carbonyl (C=O) groups excluding carboxylic acids is 1. The molecule has 1 saturated heterocycles. The summed E-state index contributed by atoms with van der Waals surface area (Å²) >= 11 is 0. The number of esters is 1. The molecule has 0 radical (unpaired) electrons. The first kappa shape index (κ1) is 10.5. The van der Waals surface area contributed by atoms with Gasteiger partial charge in [0, 0.05) is 6.61 Å². The first-order valence-corrected chi connectivity index (χ1v) is 4.95. The lowest BCUT2D eigenvalue weighted by Crippen LogP contribution is -2.28. The van der Waals surface area contributed by atoms with Crippen molar-refractivity contribution in [3.63, 3.8) is 0 Å². The summed E-state index contributed by atoms with van der Waals surface area (Å²) in [7, 11) is 1.43. The van der Waals surface area contributed by atoms with Crippen molar-refractivity contribution in [1.29, 1.82) is 0 Å². The van der Waals surface area contributed by atoms with E-state index in [1.807, 2.05) is 6.92 Å². The van der Waals surface area contributed by atoms with Crippen molar-refractivity contribution in [2.75, 3.05) is 13.7 Å². The predicted octanol–water partition coefficient (Wildman–Crippen LogP) is 1.75. The maximum absolute atomic E-state index is 11.2. The average molecular weight is 186 g/mol. The maximum Gasteiger partial charge on any atom is 0.311 e. The molecule has 1 aliphatic heterocycles. The van der Waals surface area contributed by atoms with Crippen molar-refractivity contribution in [2.45, 2.75) is 38.7 Å². The second kappa shape index (κ2) is 5.22. The van der Waals surface area contributed by atoms with E-state index in [-0.39, 0.29) is 18.0 Å². The molecule has 2 atom stereocenters. The smallest absolute Gasteiger partial charge is 0.311 e. The summed E-state index contributed by atoms with van der Waals surface area (Å²) in [5.74, 6) is -0.282. The van der Waals surface area contributed by atoms with Crippen LogP contribution in [0.5, 0.6) is 0 Å². The Morgan fingerprint density at radius 2 is 2.23 bits per heavy atom. The Labute approximate surface area is 79.4 Å². The summed E-state index contributed by atoms with van der Waals surface area (Å²) in [6, 6.07) is 0. The van der Waals surface area contributed by atoms with Gasteiger partial charge in [0.1, 0.15) is 0 Å². The summed E-state index contributed by atoms with van der Waals surface area (Å²) in [4.78, 5) is 11.2. The van der Waals surface area contributed by atoms with Gasteiger partial charge in [0.25, 0.3) is 0 Å². The SMILES string of the molecule is COC(=O)C(C)C1CCCCCO1. The molecule has 0 aliphatic carbocycles. The highest BCUT2D eigenvalue weighted by molar-refractivity contribution is 5.72. The van der Waals surface area contributed by atoms with Crippen molar-refractivity contribution in [3.05, 3.63) is 0 Å². The highest BCUT2D eigenvalue weighted by Gasteiger charge is 2.26. The average Bonchev–Trinajstić information content (AvgIpc) is 2.43. The molecule has 1 fully saturated rings. The third-order valence-electron chi connectivity index (χ3n) is 2.60. The lowest BCUT2D eigenvalue weighted by atomic mass is 10.00. The minimum Gasteiger partial charge on any atom is -0.469 e. The van der Waals surface area contributed by atoms with Crippen LogP contribution in [0.2, 0.25) is 0 Å². The maximum atomic E-state index is 11.2. The number of methoxy groups -OCH3 is 1. The third-order valence-corrected chi connectivity index (χ3v) is 2.60. The molecule has 0 bridgehead atoms. The molecule has 1 rings (SSSR count). The topological polar surface area (TPSA) is 35.5 Å². The Hall–Kier alpha value is -0.570. The van der Waals surface area contributed by atoms with Crippen LogP contribution in [-0.2, 0) is 14.3 Å². The molecule has 76 valence electrons. The molecule has 0 aromatic carbocycles. The molecule has 3 nitrogen and oxygen atoms in total. The highest BCUT2D eigenvalue weighted by Crippen LogP contribution is 2.20. The fourth-order valence-corrected chi connectivity index (χ4v) is 1.67. The molecule has 3 heteroatoms. The lowest BCUT2D eigenvalue weighted by Gasteiger charge is -2.20. The van der Waals surface area contributed by atoms with E-state index >= 15 is 0 Å². The van der Waals surface area contributed by atoms with E-state index in [0.29, 0.717) is 0 Å². The number of rotatable bonds is 2. The number of ether oxygens (including phenoxy) is 2. The minimum atomic E-state index is -0.160. The van der Waals surface area contributed by atoms with E-state index in [1.165, 1.54) is 13.5 Å². The van der Waals surface area contributed by atoms with Gasteiger partial charge < -0.3 is 9.47 Å². The fraction of sp³-hybridized carbons (Fsp3) is 0.900. The van der Waals surface area contributed by atoms with Crippen LogP contribution in [0, 0.1) is 5.92 Å². The van der Waals surface area contributed by atoms with Crippen molar-refractivity contribution in [1.82, 2.24) is 0 Å². The largest absolute Gasteiger partial charge is 0.469 e. The van der Waals surface area contributed by atoms with Crippen LogP contribution in [0.25, 0.3) is 0 Å². The van der Waals surface area contributed by atoms with Gasteiger partial charge in [0.15, 0.2) is 0 Å². The van der Waals surface area contributed by atoms with Gasteiger partial charge in [-0.15, -0.1) is 0 Å². The van der Waals surface area contributed by atoms with Gasteiger partial charge in [0.05, 0.1) is 19.1 Å². The second-order valence-electron chi connectivity index (χ2n) is 3.57. The monoisotopic (exact) mass is 186 g/mol. The highest BCUT2D eigenvalue weighted by atomic mass is 16.5. The van der Waals surface area contributed by atoms with E-state index in [0.717, 1.165) is 25.9 Å². The summed E-state index contributed by atoms with van der Waals surface area (Å²) in [6.07, 6.45) is 4.53. The Bertz CT molecular complexity index is 160. The van der Waals surface area contributed by atoms with Crippen molar-refractivity contribution < 1.29 is 14.3 Å². The first-order valence-electron chi connectivity index (χ1n) is 4.95. The summed E-state index contributed by atoms with van der Waals surface area (Å²) in [6.45, 7) is 2.66. The van der Waals surface area contributed by atoms with Crippen LogP contribution in [0.3, 0.4) is 0 Å². The van der Waals surface area contributed by atoms with Gasteiger partial charge in [-0.25, -0.2) is 0 Å². The minimum absolute atomic E-state index is 0.0648. The predicted molar refractivity (Wildman–Crippen MR) is 49.4 cm³/mol. The van der Waals surface area contributed by atoms with Crippen LogP contribution < -0.4 is 0 Å². The Balaban J connectivity index is 2.43. The Morgan fingerprint density at radius 3 is 2.92 bits per heavy atom. The van der Waals surface area contributed by atoms with E-state index in [1.54, 1.807) is 0 Å². The van der Waals surface area contributed by atoms with Gasteiger partial charge >= 0.3 is 5.97 Å². The van der Waals surface area contributed by atoms with Gasteiger partial charge in [-0.05, 0) is 19.8 Å². The molecule has 0 N–H and O–H groups in total. The van der Waals surface area contributed by atoms with Crippen LogP contribution in [0.4, 0.5) is 0 Å². The van der Waals surface area contributed by atoms with E-state index < -0.39 is 0 Å². The van der Waals surface area contributed by atoms with Crippen LogP contribution >= 0.6 is 0 Å². The summed E-state index contributed by atoms with van der Waals surface area (Å²) < 4.78 is 10.3. The van der Waals surface area contributed by atoms with Gasteiger partial charge in [-0.1, -0.05) is 12.8 Å². The fourth-order valence-electron chi connectivity index (χ4n) is 1.67. The molecular weight excluding hydrogens is 168 g/mol. The summed E-state index contributed by atoms with van der Waals surface area (Å²) in [5, 5.41) is 0. The molecule has 0 spiro atoms. The van der Waals surface area contributed by atoms with Crippen molar-refractivity contribution in [3.8, 4) is 0 Å². The van der Waals surface area contributed by atoms with Gasteiger partial charge in [0.2, 0.25) is 0 Å². The molecule has 0 amide bonds. The summed E-state index contributed by atoms with van der Waals surface area (Å²) in [5.41, 5.74) is 0. The number of hydrogen-bond acceptors (Lipinski definition) is 3. The lowest BCUT2D eigenvalue weighted by molar-refractivity contribution is -0.150. The normalized spacial score (nSPS) is 26.2. The zero-order valence-electron chi connectivity index (χ0n) is 8.41. The number of carbonyl (C=O) groups is 1. The van der Waals surface area contributed by atoms with Crippen LogP contribution in [0.15, 0.2) is 0 Å². The van der Waals surface area contributed by atoms with Gasteiger partial charge in [-0.3, -0.25) is 4.79 Å². The van der Waals surface area contributed by atoms with E-state index in [9.17, 15) is 4.79 Å². The molecular formula is C10H18O3.